The number of hydrogen-bond acceptors (Lipinski definition) is 13. The molecule has 2 aromatic heterocycles. The highest BCUT2D eigenvalue weighted by Crippen LogP contribution is 2.38. The summed E-state index contributed by atoms with van der Waals surface area (Å²) in [6.45, 7) is 13.1. The number of aromatic nitrogens is 2. The van der Waals surface area contributed by atoms with Crippen molar-refractivity contribution in [3.8, 4) is 28.0 Å². The van der Waals surface area contributed by atoms with Crippen molar-refractivity contribution in [2.45, 2.75) is 90.7 Å². The molecular formula is C53H60FN9O7S2. The highest BCUT2D eigenvalue weighted by atomic mass is 32.1. The van der Waals surface area contributed by atoms with Crippen LogP contribution >= 0.6 is 22.7 Å². The number of carbonyl (C=O) groups is 5. The molecule has 0 radical (unpaired) electrons. The van der Waals surface area contributed by atoms with Crippen LogP contribution in [0.2, 0.25) is 0 Å². The Morgan fingerprint density at radius 2 is 1.72 bits per heavy atom. The second kappa shape index (κ2) is 22.5. The maximum absolute atomic E-state index is 14.5. The predicted octanol–water partition coefficient (Wildman–Crippen LogP) is 5.87. The molecule has 0 bridgehead atoms. The lowest BCUT2D eigenvalue weighted by Crippen LogP contribution is -2.59. The third kappa shape index (κ3) is 12.0. The molecule has 72 heavy (non-hydrogen) atoms. The van der Waals surface area contributed by atoms with Crippen LogP contribution in [-0.2, 0) is 25.7 Å². The van der Waals surface area contributed by atoms with E-state index < -0.39 is 53.2 Å². The Bertz CT molecular complexity index is 2850. The van der Waals surface area contributed by atoms with Gasteiger partial charge >= 0.3 is 0 Å². The van der Waals surface area contributed by atoms with E-state index in [0.29, 0.717) is 41.3 Å². The van der Waals surface area contributed by atoms with Gasteiger partial charge in [-0.15, -0.1) is 22.7 Å². The van der Waals surface area contributed by atoms with Gasteiger partial charge in [-0.05, 0) is 73.2 Å². The number of phenols is 1. The number of piperazine rings is 1. The molecule has 5 aromatic rings. The highest BCUT2D eigenvalue weighted by Gasteiger charge is 2.45. The van der Waals surface area contributed by atoms with E-state index >= 15 is 0 Å². The van der Waals surface area contributed by atoms with Crippen molar-refractivity contribution in [2.24, 2.45) is 5.41 Å². The minimum atomic E-state index is -1.35. The fraction of sp³-hybridized carbons (Fsp3) is 0.415. The van der Waals surface area contributed by atoms with Crippen LogP contribution in [0.4, 0.5) is 9.52 Å². The first-order valence-electron chi connectivity index (χ1n) is 24.1. The van der Waals surface area contributed by atoms with Crippen molar-refractivity contribution in [1.82, 2.24) is 40.2 Å². The number of nitrogens with one attached hydrogen (secondary N) is 3. The molecule has 0 aliphatic carbocycles. The van der Waals surface area contributed by atoms with E-state index in [0.717, 1.165) is 66.0 Å². The first kappa shape index (κ1) is 51.8. The number of halogens is 1. The number of aliphatic hydroxyl groups is 1. The van der Waals surface area contributed by atoms with Gasteiger partial charge in [-0.2, -0.15) is 0 Å². The molecule has 5 N–H and O–H groups in total. The Balaban J connectivity index is 0.807. The standard InChI is InChI=1S/C53H60FN9O7S2/c1-32(34-13-15-36(16-14-34)46-33(2)56-31-72-46)57-48(67)41-27-39(64)29-62(41)51(70)47(53(3,4)5)58-43(66)30-61-23-21-60(22-24-61)20-8-6-7-10-35-11-9-12-37-28-63(50(69)44(35)37)45(40-26-38(54)17-18-42(40)65)49(68)59-52-55-19-25-71-52/h9,11-19,25-26,31-32,39,41,45,47,64-65H,6,8,20-24,27-30H2,1-5H3,(H,57,67)(H,58,66)(H,55,59,68)/t32-,39?,41?,45?,47+/m0/s1. The van der Waals surface area contributed by atoms with Crippen LogP contribution in [0.15, 0.2) is 77.8 Å². The summed E-state index contributed by atoms with van der Waals surface area (Å²) in [7, 11) is 0. The number of benzene rings is 3. The number of aryl methyl sites for hydroxylation is 1. The van der Waals surface area contributed by atoms with Gasteiger partial charge in [0.2, 0.25) is 17.7 Å². The number of nitrogens with zero attached hydrogens (tertiary/aromatic N) is 6. The number of amides is 5. The van der Waals surface area contributed by atoms with Crippen molar-refractivity contribution in [3.63, 3.8) is 0 Å². The van der Waals surface area contributed by atoms with E-state index in [1.165, 1.54) is 27.3 Å². The Kier molecular flexibility index (Phi) is 16.2. The molecule has 8 rings (SSSR count). The quantitative estimate of drug-likeness (QED) is 0.0621. The summed E-state index contributed by atoms with van der Waals surface area (Å²) < 4.78 is 14.5. The maximum atomic E-state index is 14.5. The molecule has 3 aliphatic heterocycles. The molecule has 378 valence electrons. The minimum absolute atomic E-state index is 0.0141. The Labute approximate surface area is 426 Å². The first-order valence-corrected chi connectivity index (χ1v) is 25.8. The number of fused-ring (bicyclic) bond motifs is 1. The molecule has 5 heterocycles. The molecule has 19 heteroatoms. The number of β-amino-alcohol motifs (C(OH)–C–C–N with tert-alkyl or cyclic N) is 1. The van der Waals surface area contributed by atoms with E-state index in [9.17, 15) is 38.6 Å². The number of aromatic hydroxyl groups is 1. The zero-order valence-corrected chi connectivity index (χ0v) is 42.6. The van der Waals surface area contributed by atoms with Gasteiger partial charge in [0, 0.05) is 74.8 Å². The topological polar surface area (TPSA) is 201 Å². The van der Waals surface area contributed by atoms with Crippen LogP contribution in [0.1, 0.15) is 97.3 Å². The zero-order chi connectivity index (χ0) is 51.3. The molecule has 3 unspecified atom stereocenters. The molecule has 16 nitrogen and oxygen atoms in total. The third-order valence-corrected chi connectivity index (χ3v) is 15.0. The van der Waals surface area contributed by atoms with E-state index in [1.54, 1.807) is 34.9 Å². The summed E-state index contributed by atoms with van der Waals surface area (Å²) >= 11 is 2.76. The summed E-state index contributed by atoms with van der Waals surface area (Å²) in [6.07, 6.45) is 2.05. The van der Waals surface area contributed by atoms with Crippen molar-refractivity contribution in [2.75, 3.05) is 51.1 Å². The summed E-state index contributed by atoms with van der Waals surface area (Å²) in [5.74, 6) is 3.20. The highest BCUT2D eigenvalue weighted by molar-refractivity contribution is 7.14. The fourth-order valence-corrected chi connectivity index (χ4v) is 10.8. The molecule has 2 saturated heterocycles. The summed E-state index contributed by atoms with van der Waals surface area (Å²) in [5.41, 5.74) is 5.51. The van der Waals surface area contributed by atoms with Crippen molar-refractivity contribution in [3.05, 3.63) is 117 Å². The van der Waals surface area contributed by atoms with Gasteiger partial charge in [0.25, 0.3) is 11.8 Å². The molecule has 0 saturated carbocycles. The molecule has 2 fully saturated rings. The summed E-state index contributed by atoms with van der Waals surface area (Å²) in [4.78, 5) is 86.0. The smallest absolute Gasteiger partial charge is 0.256 e. The van der Waals surface area contributed by atoms with Crippen molar-refractivity contribution in [1.29, 1.82) is 0 Å². The normalized spacial score (nSPS) is 18.5. The van der Waals surface area contributed by atoms with Crippen LogP contribution in [0.25, 0.3) is 10.4 Å². The van der Waals surface area contributed by atoms with E-state index in [4.69, 9.17) is 0 Å². The molecule has 3 aromatic carbocycles. The van der Waals surface area contributed by atoms with Gasteiger partial charge in [-0.1, -0.05) is 69.0 Å². The molecule has 0 spiro atoms. The van der Waals surface area contributed by atoms with Gasteiger partial charge < -0.3 is 35.5 Å². The van der Waals surface area contributed by atoms with Gasteiger partial charge in [0.15, 0.2) is 5.13 Å². The minimum Gasteiger partial charge on any atom is -0.508 e. The third-order valence-electron chi connectivity index (χ3n) is 13.4. The van der Waals surface area contributed by atoms with Crippen LogP contribution in [-0.4, -0.2) is 133 Å². The maximum Gasteiger partial charge on any atom is 0.256 e. The average molecular weight is 1020 g/mol. The van der Waals surface area contributed by atoms with Crippen LogP contribution in [0.3, 0.4) is 0 Å². The van der Waals surface area contributed by atoms with Crippen LogP contribution in [0.5, 0.6) is 5.75 Å². The molecular weight excluding hydrogens is 958 g/mol. The van der Waals surface area contributed by atoms with Crippen molar-refractivity contribution < 1.29 is 38.6 Å². The molecule has 5 amide bonds. The van der Waals surface area contributed by atoms with Gasteiger partial charge in [0.05, 0.1) is 40.3 Å². The predicted molar refractivity (Wildman–Crippen MR) is 273 cm³/mol. The summed E-state index contributed by atoms with van der Waals surface area (Å²) in [6, 6.07) is 13.0. The monoisotopic (exact) mass is 1020 g/mol. The number of hydrogen-bond donors (Lipinski definition) is 5. The van der Waals surface area contributed by atoms with E-state index in [-0.39, 0.29) is 55.2 Å². The average Bonchev–Trinajstić information content (AvgIpc) is 4.17. The lowest BCUT2D eigenvalue weighted by atomic mass is 9.85. The number of phenolic OH excluding ortho intramolecular Hbond substituents is 1. The number of likely N-dealkylation sites (tertiary alicyclic amines) is 1. The van der Waals surface area contributed by atoms with Crippen molar-refractivity contribution >= 4 is 57.3 Å². The Morgan fingerprint density at radius 3 is 2.42 bits per heavy atom. The van der Waals surface area contributed by atoms with Gasteiger partial charge in [-0.3, -0.25) is 34.2 Å². The number of anilines is 1. The zero-order valence-electron chi connectivity index (χ0n) is 41.0. The number of carbonyl (C=O) groups excluding carboxylic acids is 5. The second-order valence-corrected chi connectivity index (χ2v) is 21.4. The Hall–Kier alpha value is -6.56. The molecule has 5 atom stereocenters. The largest absolute Gasteiger partial charge is 0.508 e. The molecule has 3 aliphatic rings. The van der Waals surface area contributed by atoms with Crippen LogP contribution in [0, 0.1) is 30.0 Å². The lowest BCUT2D eigenvalue weighted by molar-refractivity contribution is -0.144. The number of aliphatic hydroxyl groups excluding tert-OH is 1. The second-order valence-electron chi connectivity index (χ2n) is 19.6. The fourth-order valence-electron chi connectivity index (χ4n) is 9.50. The lowest BCUT2D eigenvalue weighted by Gasteiger charge is -2.37. The van der Waals surface area contributed by atoms with Gasteiger partial charge in [-0.25, -0.2) is 14.4 Å². The van der Waals surface area contributed by atoms with E-state index in [1.807, 2.05) is 64.4 Å². The Morgan fingerprint density at radius 1 is 0.972 bits per heavy atom. The van der Waals surface area contributed by atoms with Crippen LogP contribution < -0.4 is 16.0 Å². The summed E-state index contributed by atoms with van der Waals surface area (Å²) in [5, 5.41) is 32.1. The SMILES string of the molecule is Cc1ncsc1-c1ccc([C@H](C)NC(=O)C2CC(O)CN2C(=O)[C@@H](NC(=O)CN2CCN(CCCC#Cc3cccc4c3C(=O)N(C(C(=O)Nc3nccs3)c3cc(F)ccc3O)C4)CC2)C(C)(C)C)cc1. The first-order chi connectivity index (χ1) is 34.4. The number of unbranched alkanes of at least 4 members (excludes halogenated alkanes) is 1. The van der Waals surface area contributed by atoms with E-state index in [2.05, 4.69) is 47.6 Å². The van der Waals surface area contributed by atoms with Gasteiger partial charge in [0.1, 0.15) is 29.7 Å². The number of thiazole rings is 2. The number of rotatable bonds is 15.